The molecule has 2 heterocycles. The third-order valence-corrected chi connectivity index (χ3v) is 7.81. The van der Waals surface area contributed by atoms with Crippen molar-refractivity contribution < 1.29 is 23.7 Å². The van der Waals surface area contributed by atoms with Crippen LogP contribution in [0.25, 0.3) is 6.08 Å². The number of carbonyl (C=O) groups excluding carboxylic acids is 1. The summed E-state index contributed by atoms with van der Waals surface area (Å²) >= 11 is 1.27. The number of aromatic nitrogens is 1. The van der Waals surface area contributed by atoms with Gasteiger partial charge in [0.2, 0.25) is 0 Å². The van der Waals surface area contributed by atoms with E-state index >= 15 is 0 Å². The summed E-state index contributed by atoms with van der Waals surface area (Å²) in [7, 11) is 3.14. The highest BCUT2D eigenvalue weighted by Gasteiger charge is 2.33. The summed E-state index contributed by atoms with van der Waals surface area (Å²) in [5, 5.41) is 0. The maximum atomic E-state index is 14.0. The highest BCUT2D eigenvalue weighted by Crippen LogP contribution is 2.32. The number of fused-ring (bicyclic) bond motifs is 1. The minimum atomic E-state index is -0.725. The fourth-order valence-electron chi connectivity index (χ4n) is 4.76. The van der Waals surface area contributed by atoms with Gasteiger partial charge in [-0.25, -0.2) is 9.79 Å². The van der Waals surface area contributed by atoms with Crippen LogP contribution >= 0.6 is 11.3 Å². The standard InChI is InChI=1S/C33H32N2O6S/c1-5-17-40-25-14-12-24(13-15-25)30-29(32(37)41-20-22-9-7-6-8-10-22)21(2)34-33-35(30)31(36)28(42-33)19-23-11-16-26(38-3)27(18-23)39-4/h6-16,18-19,30H,5,17,20H2,1-4H3/b28-19-. The second-order valence-electron chi connectivity index (χ2n) is 9.68. The normalized spacial score (nSPS) is 14.7. The molecule has 1 atom stereocenters. The van der Waals surface area contributed by atoms with Crippen LogP contribution in [0.1, 0.15) is 43.0 Å². The summed E-state index contributed by atoms with van der Waals surface area (Å²) in [6.07, 6.45) is 2.68. The fraction of sp³-hybridized carbons (Fsp3) is 0.242. The van der Waals surface area contributed by atoms with Crippen LogP contribution in [-0.2, 0) is 16.1 Å². The van der Waals surface area contributed by atoms with E-state index in [0.29, 0.717) is 38.7 Å². The summed E-state index contributed by atoms with van der Waals surface area (Å²) in [5.74, 6) is 1.35. The lowest BCUT2D eigenvalue weighted by atomic mass is 9.96. The molecule has 42 heavy (non-hydrogen) atoms. The monoisotopic (exact) mass is 584 g/mol. The third-order valence-electron chi connectivity index (χ3n) is 6.83. The van der Waals surface area contributed by atoms with Crippen LogP contribution in [0.4, 0.5) is 0 Å². The molecular weight excluding hydrogens is 552 g/mol. The first-order valence-electron chi connectivity index (χ1n) is 13.6. The van der Waals surface area contributed by atoms with E-state index in [1.54, 1.807) is 43.9 Å². The molecule has 0 fully saturated rings. The van der Waals surface area contributed by atoms with E-state index in [9.17, 15) is 9.59 Å². The van der Waals surface area contributed by atoms with Gasteiger partial charge in [-0.15, -0.1) is 0 Å². The molecule has 0 spiro atoms. The van der Waals surface area contributed by atoms with E-state index in [4.69, 9.17) is 23.9 Å². The Morgan fingerprint density at radius 1 is 1.00 bits per heavy atom. The van der Waals surface area contributed by atoms with Gasteiger partial charge in [0.05, 0.1) is 42.7 Å². The quantitative estimate of drug-likeness (QED) is 0.249. The van der Waals surface area contributed by atoms with Gasteiger partial charge in [-0.1, -0.05) is 66.8 Å². The van der Waals surface area contributed by atoms with Gasteiger partial charge in [0.25, 0.3) is 5.56 Å². The second kappa shape index (κ2) is 12.9. The Kier molecular flexibility index (Phi) is 8.88. The van der Waals surface area contributed by atoms with Crippen molar-refractivity contribution >= 4 is 23.4 Å². The summed E-state index contributed by atoms with van der Waals surface area (Å²) in [6.45, 7) is 4.52. The predicted octanol–water partition coefficient (Wildman–Crippen LogP) is 4.78. The van der Waals surface area contributed by atoms with Crippen molar-refractivity contribution in [2.75, 3.05) is 20.8 Å². The van der Waals surface area contributed by atoms with Gasteiger partial charge in [-0.05, 0) is 60.4 Å². The van der Waals surface area contributed by atoms with Gasteiger partial charge in [0.1, 0.15) is 12.4 Å². The summed E-state index contributed by atoms with van der Waals surface area (Å²) < 4.78 is 24.3. The largest absolute Gasteiger partial charge is 0.494 e. The molecule has 0 amide bonds. The number of benzene rings is 3. The summed E-state index contributed by atoms with van der Waals surface area (Å²) in [4.78, 5) is 32.8. The summed E-state index contributed by atoms with van der Waals surface area (Å²) in [5.41, 5.74) is 2.95. The zero-order valence-corrected chi connectivity index (χ0v) is 24.8. The van der Waals surface area contributed by atoms with E-state index in [2.05, 4.69) is 0 Å². The highest BCUT2D eigenvalue weighted by molar-refractivity contribution is 7.07. The number of methoxy groups -OCH3 is 2. The van der Waals surface area contributed by atoms with E-state index < -0.39 is 12.0 Å². The summed E-state index contributed by atoms with van der Waals surface area (Å²) in [6, 6.07) is 21.7. The van der Waals surface area contributed by atoms with Crippen LogP contribution in [0.2, 0.25) is 0 Å². The smallest absolute Gasteiger partial charge is 0.338 e. The molecule has 8 nitrogen and oxygen atoms in total. The van der Waals surface area contributed by atoms with Crippen LogP contribution in [0.15, 0.2) is 93.9 Å². The molecule has 1 aliphatic rings. The average molecular weight is 585 g/mol. The van der Waals surface area contributed by atoms with Crippen LogP contribution in [0.3, 0.4) is 0 Å². The Hall–Kier alpha value is -4.63. The van der Waals surface area contributed by atoms with Crippen molar-refractivity contribution in [1.82, 2.24) is 4.57 Å². The van der Waals surface area contributed by atoms with E-state index in [1.807, 2.05) is 67.6 Å². The molecule has 0 saturated heterocycles. The van der Waals surface area contributed by atoms with Gasteiger partial charge in [-0.2, -0.15) is 0 Å². The SMILES string of the molecule is CCCOc1ccc(C2C(C(=O)OCc3ccccc3)=C(C)N=c3s/c(=C\c4ccc(OC)c(OC)c4)c(=O)n32)cc1. The molecule has 0 saturated carbocycles. The lowest BCUT2D eigenvalue weighted by Gasteiger charge is -2.25. The molecule has 1 aliphatic heterocycles. The minimum Gasteiger partial charge on any atom is -0.494 e. The number of esters is 1. The van der Waals surface area contributed by atoms with Crippen molar-refractivity contribution in [1.29, 1.82) is 0 Å². The molecule has 3 aromatic carbocycles. The van der Waals surface area contributed by atoms with E-state index in [-0.39, 0.29) is 12.2 Å². The van der Waals surface area contributed by atoms with Gasteiger partial charge in [0, 0.05) is 0 Å². The van der Waals surface area contributed by atoms with Crippen molar-refractivity contribution in [3.8, 4) is 17.2 Å². The number of rotatable bonds is 10. The van der Waals surface area contributed by atoms with Crippen LogP contribution in [-0.4, -0.2) is 31.4 Å². The lowest BCUT2D eigenvalue weighted by molar-refractivity contribution is -0.140. The third kappa shape index (κ3) is 6.01. The molecule has 5 rings (SSSR count). The van der Waals surface area contributed by atoms with Gasteiger partial charge >= 0.3 is 5.97 Å². The van der Waals surface area contributed by atoms with Crippen molar-refractivity contribution in [3.63, 3.8) is 0 Å². The number of hydrogen-bond donors (Lipinski definition) is 0. The molecule has 1 aromatic heterocycles. The van der Waals surface area contributed by atoms with E-state index in [1.165, 1.54) is 11.3 Å². The molecule has 1 unspecified atom stereocenters. The highest BCUT2D eigenvalue weighted by atomic mass is 32.1. The molecule has 0 bridgehead atoms. The van der Waals surface area contributed by atoms with Crippen molar-refractivity contribution in [2.24, 2.45) is 4.99 Å². The average Bonchev–Trinajstić information content (AvgIpc) is 3.32. The zero-order chi connectivity index (χ0) is 29.6. The molecule has 9 heteroatoms. The number of nitrogens with zero attached hydrogens (tertiary/aromatic N) is 2. The second-order valence-corrected chi connectivity index (χ2v) is 10.7. The number of hydrogen-bond acceptors (Lipinski definition) is 8. The van der Waals surface area contributed by atoms with Crippen molar-refractivity contribution in [2.45, 2.75) is 32.9 Å². The Bertz CT molecular complexity index is 1790. The van der Waals surface area contributed by atoms with Crippen LogP contribution in [0, 0.1) is 0 Å². The molecule has 4 aromatic rings. The Balaban J connectivity index is 1.59. The van der Waals surface area contributed by atoms with Crippen LogP contribution < -0.4 is 29.1 Å². The maximum absolute atomic E-state index is 14.0. The fourth-order valence-corrected chi connectivity index (χ4v) is 5.81. The molecular formula is C33H32N2O6S. The Labute approximate surface area is 247 Å². The van der Waals surface area contributed by atoms with Gasteiger partial charge in [0.15, 0.2) is 16.3 Å². The van der Waals surface area contributed by atoms with Gasteiger partial charge in [-0.3, -0.25) is 9.36 Å². The Morgan fingerprint density at radius 2 is 1.74 bits per heavy atom. The Morgan fingerprint density at radius 3 is 2.43 bits per heavy atom. The predicted molar refractivity (Wildman–Crippen MR) is 162 cm³/mol. The molecule has 0 N–H and O–H groups in total. The van der Waals surface area contributed by atoms with Gasteiger partial charge < -0.3 is 18.9 Å². The zero-order valence-electron chi connectivity index (χ0n) is 24.0. The lowest BCUT2D eigenvalue weighted by Crippen LogP contribution is -2.39. The minimum absolute atomic E-state index is 0.108. The first-order valence-corrected chi connectivity index (χ1v) is 14.4. The topological polar surface area (TPSA) is 88.4 Å². The first-order chi connectivity index (χ1) is 20.4. The van der Waals surface area contributed by atoms with Crippen molar-refractivity contribution in [3.05, 3.63) is 120 Å². The molecule has 0 radical (unpaired) electrons. The first kappa shape index (κ1) is 28.9. The molecule has 0 aliphatic carbocycles. The number of thiazole rings is 1. The number of allylic oxidation sites excluding steroid dienone is 1. The van der Waals surface area contributed by atoms with E-state index in [0.717, 1.165) is 28.9 Å². The molecule has 216 valence electrons. The maximum Gasteiger partial charge on any atom is 0.338 e. The number of carbonyl (C=O) groups is 1. The van der Waals surface area contributed by atoms with Crippen LogP contribution in [0.5, 0.6) is 17.2 Å². The number of ether oxygens (including phenoxy) is 4.